The van der Waals surface area contributed by atoms with Crippen LogP contribution in [0.2, 0.25) is 5.02 Å². The van der Waals surface area contributed by atoms with Crippen molar-refractivity contribution in [1.29, 1.82) is 0 Å². The number of rotatable bonds is 7. The Morgan fingerprint density at radius 3 is 2.59 bits per heavy atom. The molecule has 0 saturated heterocycles. The van der Waals surface area contributed by atoms with E-state index in [-0.39, 0.29) is 12.4 Å². The molecule has 0 fully saturated rings. The predicted molar refractivity (Wildman–Crippen MR) is 67.4 cm³/mol. The first kappa shape index (κ1) is 14.6. The van der Waals surface area contributed by atoms with E-state index < -0.39 is 9.05 Å². The first-order chi connectivity index (χ1) is 7.97. The molecule has 0 N–H and O–H groups in total. The van der Waals surface area contributed by atoms with Gasteiger partial charge in [0.25, 0.3) is 0 Å². The standard InChI is InChI=1S/C10H12Cl2O4S/c11-9-2-1-3-10(8-9)16-5-4-15-6-7-17(12,13)14/h1-3,8H,4-7H2. The summed E-state index contributed by atoms with van der Waals surface area (Å²) in [6.07, 6.45) is 0. The number of hydrogen-bond donors (Lipinski definition) is 0. The van der Waals surface area contributed by atoms with Crippen LogP contribution < -0.4 is 4.74 Å². The third kappa shape index (κ3) is 7.44. The molecule has 0 spiro atoms. The first-order valence-corrected chi connectivity index (χ1v) is 7.71. The van der Waals surface area contributed by atoms with Crippen LogP contribution in [-0.2, 0) is 13.8 Å². The molecule has 7 heteroatoms. The zero-order valence-electron chi connectivity index (χ0n) is 8.93. The van der Waals surface area contributed by atoms with Crippen molar-refractivity contribution in [1.82, 2.24) is 0 Å². The van der Waals surface area contributed by atoms with E-state index in [0.29, 0.717) is 24.0 Å². The first-order valence-electron chi connectivity index (χ1n) is 4.86. The lowest BCUT2D eigenvalue weighted by Gasteiger charge is -2.06. The number of halogens is 2. The van der Waals surface area contributed by atoms with Crippen LogP contribution in [0.4, 0.5) is 0 Å². The summed E-state index contributed by atoms with van der Waals surface area (Å²) in [6, 6.07) is 6.98. The second-order valence-corrected chi connectivity index (χ2v) is 6.49. The van der Waals surface area contributed by atoms with Gasteiger partial charge < -0.3 is 9.47 Å². The summed E-state index contributed by atoms with van der Waals surface area (Å²) in [4.78, 5) is 0. The van der Waals surface area contributed by atoms with E-state index in [9.17, 15) is 8.42 Å². The Labute approximate surface area is 110 Å². The summed E-state index contributed by atoms with van der Waals surface area (Å²) in [5.74, 6) is 0.442. The van der Waals surface area contributed by atoms with E-state index in [2.05, 4.69) is 0 Å². The summed E-state index contributed by atoms with van der Waals surface area (Å²) in [5, 5.41) is 0.594. The minimum Gasteiger partial charge on any atom is -0.491 e. The summed E-state index contributed by atoms with van der Waals surface area (Å²) >= 11 is 5.76. The Morgan fingerprint density at radius 2 is 1.94 bits per heavy atom. The SMILES string of the molecule is O=S(=O)(Cl)CCOCCOc1cccc(Cl)c1. The lowest BCUT2D eigenvalue weighted by Crippen LogP contribution is -2.11. The number of ether oxygens (including phenoxy) is 2. The predicted octanol–water partition coefficient (Wildman–Crippen LogP) is 2.30. The molecule has 96 valence electrons. The summed E-state index contributed by atoms with van der Waals surface area (Å²) in [6.45, 7) is 0.673. The molecule has 0 atom stereocenters. The Bertz CT molecular complexity index is 447. The van der Waals surface area contributed by atoms with E-state index in [4.69, 9.17) is 31.8 Å². The van der Waals surface area contributed by atoms with E-state index in [1.807, 2.05) is 0 Å². The minimum atomic E-state index is -3.48. The van der Waals surface area contributed by atoms with Gasteiger partial charge in [0.05, 0.1) is 19.0 Å². The molecule has 1 rings (SSSR count). The molecule has 0 unspecified atom stereocenters. The maximum Gasteiger partial charge on any atom is 0.234 e. The highest BCUT2D eigenvalue weighted by atomic mass is 35.7. The second-order valence-electron chi connectivity index (χ2n) is 3.16. The lowest BCUT2D eigenvalue weighted by atomic mass is 10.3. The lowest BCUT2D eigenvalue weighted by molar-refractivity contribution is 0.111. The molecule has 0 aromatic heterocycles. The smallest absolute Gasteiger partial charge is 0.234 e. The zero-order valence-corrected chi connectivity index (χ0v) is 11.3. The van der Waals surface area contributed by atoms with Crippen LogP contribution >= 0.6 is 22.3 Å². The van der Waals surface area contributed by atoms with Crippen LogP contribution in [0.25, 0.3) is 0 Å². The van der Waals surface area contributed by atoms with Crippen molar-refractivity contribution in [2.24, 2.45) is 0 Å². The summed E-state index contributed by atoms with van der Waals surface area (Å²) in [7, 11) is 1.53. The maximum atomic E-state index is 10.6. The molecule has 1 aromatic rings. The van der Waals surface area contributed by atoms with E-state index in [1.54, 1.807) is 24.3 Å². The second kappa shape index (κ2) is 7.06. The van der Waals surface area contributed by atoms with Crippen molar-refractivity contribution in [2.45, 2.75) is 0 Å². The van der Waals surface area contributed by atoms with Gasteiger partial charge in [-0.1, -0.05) is 17.7 Å². The van der Waals surface area contributed by atoms with E-state index in [0.717, 1.165) is 0 Å². The van der Waals surface area contributed by atoms with Gasteiger partial charge in [-0.15, -0.1) is 0 Å². The highest BCUT2D eigenvalue weighted by Crippen LogP contribution is 2.16. The molecule has 17 heavy (non-hydrogen) atoms. The number of hydrogen-bond acceptors (Lipinski definition) is 4. The average molecular weight is 299 g/mol. The van der Waals surface area contributed by atoms with Crippen LogP contribution in [-0.4, -0.2) is 34.0 Å². The summed E-state index contributed by atoms with van der Waals surface area (Å²) in [5.41, 5.74) is 0. The normalized spacial score (nSPS) is 11.4. The molecule has 0 aliphatic heterocycles. The monoisotopic (exact) mass is 298 g/mol. The minimum absolute atomic E-state index is 0.0603. The van der Waals surface area contributed by atoms with Gasteiger partial charge in [0.2, 0.25) is 9.05 Å². The van der Waals surface area contributed by atoms with Gasteiger partial charge in [0.1, 0.15) is 12.4 Å². The van der Waals surface area contributed by atoms with Gasteiger partial charge in [-0.2, -0.15) is 0 Å². The fourth-order valence-corrected chi connectivity index (χ4v) is 1.72. The average Bonchev–Trinajstić information content (AvgIpc) is 2.22. The van der Waals surface area contributed by atoms with Gasteiger partial charge >= 0.3 is 0 Å². The molecular formula is C10H12Cl2O4S. The van der Waals surface area contributed by atoms with Gasteiger partial charge in [0.15, 0.2) is 0 Å². The van der Waals surface area contributed by atoms with Crippen LogP contribution in [0.1, 0.15) is 0 Å². The maximum absolute atomic E-state index is 10.6. The zero-order chi connectivity index (χ0) is 12.7. The molecule has 0 aliphatic rings. The molecule has 0 aliphatic carbocycles. The van der Waals surface area contributed by atoms with Crippen molar-refractivity contribution >= 4 is 31.3 Å². The fourth-order valence-electron chi connectivity index (χ4n) is 1.04. The van der Waals surface area contributed by atoms with E-state index >= 15 is 0 Å². The van der Waals surface area contributed by atoms with Crippen LogP contribution in [0.3, 0.4) is 0 Å². The summed E-state index contributed by atoms with van der Waals surface area (Å²) < 4.78 is 31.5. The molecule has 0 saturated carbocycles. The fraction of sp³-hybridized carbons (Fsp3) is 0.400. The Morgan fingerprint density at radius 1 is 1.18 bits per heavy atom. The Hall–Kier alpha value is -0.490. The van der Waals surface area contributed by atoms with Crippen molar-refractivity contribution in [3.63, 3.8) is 0 Å². The number of benzene rings is 1. The topological polar surface area (TPSA) is 52.6 Å². The molecule has 4 nitrogen and oxygen atoms in total. The van der Waals surface area contributed by atoms with Gasteiger partial charge in [0, 0.05) is 15.7 Å². The van der Waals surface area contributed by atoms with Crippen LogP contribution in [0, 0.1) is 0 Å². The van der Waals surface area contributed by atoms with E-state index in [1.165, 1.54) is 0 Å². The third-order valence-electron chi connectivity index (χ3n) is 1.76. The molecule has 0 amide bonds. The highest BCUT2D eigenvalue weighted by molar-refractivity contribution is 8.13. The highest BCUT2D eigenvalue weighted by Gasteiger charge is 2.04. The van der Waals surface area contributed by atoms with Gasteiger partial charge in [-0.05, 0) is 18.2 Å². The Kier molecular flexibility index (Phi) is 6.05. The van der Waals surface area contributed by atoms with Crippen molar-refractivity contribution in [2.75, 3.05) is 25.6 Å². The van der Waals surface area contributed by atoms with Gasteiger partial charge in [-0.25, -0.2) is 8.42 Å². The quantitative estimate of drug-likeness (QED) is 0.572. The van der Waals surface area contributed by atoms with Crippen molar-refractivity contribution in [3.05, 3.63) is 29.3 Å². The van der Waals surface area contributed by atoms with Crippen molar-refractivity contribution < 1.29 is 17.9 Å². The molecule has 0 radical (unpaired) electrons. The van der Waals surface area contributed by atoms with Crippen molar-refractivity contribution in [3.8, 4) is 5.75 Å². The molecule has 0 bridgehead atoms. The third-order valence-corrected chi connectivity index (χ3v) is 3.12. The molecule has 1 aromatic carbocycles. The van der Waals surface area contributed by atoms with Crippen LogP contribution in [0.5, 0.6) is 5.75 Å². The molecule has 0 heterocycles. The van der Waals surface area contributed by atoms with Gasteiger partial charge in [-0.3, -0.25) is 0 Å². The Balaban J connectivity index is 2.13. The largest absolute Gasteiger partial charge is 0.491 e. The molecular weight excluding hydrogens is 287 g/mol. The van der Waals surface area contributed by atoms with Crippen LogP contribution in [0.15, 0.2) is 24.3 Å².